The molecule has 0 unspecified atom stereocenters. The molecule has 0 atom stereocenters. The molecule has 1 aliphatic rings. The van der Waals surface area contributed by atoms with Crippen LogP contribution in [0.15, 0.2) is 40.4 Å². The number of urea groups is 1. The number of anilines is 1. The minimum absolute atomic E-state index is 0.0705. The van der Waals surface area contributed by atoms with Crippen molar-refractivity contribution in [2.75, 3.05) is 18.1 Å². The Kier molecular flexibility index (Phi) is 7.58. The van der Waals surface area contributed by atoms with Gasteiger partial charge in [0.1, 0.15) is 12.2 Å². The van der Waals surface area contributed by atoms with Gasteiger partial charge in [-0.05, 0) is 84.0 Å². The van der Waals surface area contributed by atoms with Crippen LogP contribution in [0.2, 0.25) is 0 Å². The number of nitrogens with one attached hydrogen (secondary N) is 1. The molecule has 9 heteroatoms. The van der Waals surface area contributed by atoms with Crippen molar-refractivity contribution in [3.8, 4) is 23.8 Å². The lowest BCUT2D eigenvalue weighted by atomic mass is 10.1. The Balaban J connectivity index is 2.03. The topological polar surface area (TPSA) is 84.9 Å². The van der Waals surface area contributed by atoms with Gasteiger partial charge in [-0.25, -0.2) is 9.69 Å². The molecule has 0 bridgehead atoms. The number of nitrogens with zero attached hydrogens (tertiary/aromatic N) is 1. The predicted octanol–water partition coefficient (Wildman–Crippen LogP) is 4.44. The Morgan fingerprint density at radius 3 is 2.62 bits per heavy atom. The Bertz CT molecular complexity index is 1190. The summed E-state index contributed by atoms with van der Waals surface area (Å²) >= 11 is 5.46. The minimum Gasteiger partial charge on any atom is -0.490 e. The SMILES string of the molecule is C#CCOc1c(I)cc(/C=C2\C(=O)NC(=O)N(c3ccc(Br)c(C)c3)C2=O)cc1OCC. The normalized spacial score (nSPS) is 14.9. The lowest BCUT2D eigenvalue weighted by Gasteiger charge is -2.26. The number of carbonyl (C=O) groups is 3. The average molecular weight is 609 g/mol. The van der Waals surface area contributed by atoms with Gasteiger partial charge in [0.15, 0.2) is 11.5 Å². The third-order valence-corrected chi connectivity index (χ3v) is 6.13. The molecule has 0 radical (unpaired) electrons. The van der Waals surface area contributed by atoms with E-state index >= 15 is 0 Å². The molecular formula is C23H18BrIN2O5. The van der Waals surface area contributed by atoms with Gasteiger partial charge >= 0.3 is 6.03 Å². The number of terminal acetylenes is 1. The Morgan fingerprint density at radius 1 is 1.22 bits per heavy atom. The number of ether oxygens (including phenoxy) is 2. The molecule has 2 aromatic rings. The molecule has 0 aromatic heterocycles. The summed E-state index contributed by atoms with van der Waals surface area (Å²) in [6.45, 7) is 4.11. The molecule has 0 spiro atoms. The highest BCUT2D eigenvalue weighted by Gasteiger charge is 2.37. The van der Waals surface area contributed by atoms with Crippen LogP contribution in [0.3, 0.4) is 0 Å². The van der Waals surface area contributed by atoms with Crippen LogP contribution in [0.4, 0.5) is 10.5 Å². The predicted molar refractivity (Wildman–Crippen MR) is 133 cm³/mol. The molecule has 164 valence electrons. The largest absolute Gasteiger partial charge is 0.490 e. The Labute approximate surface area is 207 Å². The zero-order chi connectivity index (χ0) is 23.4. The molecule has 2 aromatic carbocycles. The first-order chi connectivity index (χ1) is 15.3. The van der Waals surface area contributed by atoms with Crippen LogP contribution in [0, 0.1) is 22.8 Å². The highest BCUT2D eigenvalue weighted by Crippen LogP contribution is 2.35. The summed E-state index contributed by atoms with van der Waals surface area (Å²) in [5.74, 6) is 1.82. The molecule has 7 nitrogen and oxygen atoms in total. The third-order valence-electron chi connectivity index (χ3n) is 4.44. The van der Waals surface area contributed by atoms with Crippen molar-refractivity contribution in [1.82, 2.24) is 5.32 Å². The maximum Gasteiger partial charge on any atom is 0.335 e. The summed E-state index contributed by atoms with van der Waals surface area (Å²) in [7, 11) is 0. The number of amides is 4. The number of carbonyl (C=O) groups excluding carboxylic acids is 3. The second-order valence-electron chi connectivity index (χ2n) is 6.65. The number of rotatable bonds is 6. The van der Waals surface area contributed by atoms with E-state index in [1.807, 2.05) is 13.8 Å². The fourth-order valence-corrected chi connectivity index (χ4v) is 4.04. The van der Waals surface area contributed by atoms with E-state index < -0.39 is 17.8 Å². The van der Waals surface area contributed by atoms with Gasteiger partial charge in [-0.3, -0.25) is 14.9 Å². The fraction of sp³-hybridized carbons (Fsp3) is 0.174. The second-order valence-corrected chi connectivity index (χ2v) is 8.66. The van der Waals surface area contributed by atoms with E-state index in [-0.39, 0.29) is 12.2 Å². The molecule has 1 fully saturated rings. The van der Waals surface area contributed by atoms with Crippen LogP contribution >= 0.6 is 38.5 Å². The Morgan fingerprint density at radius 2 is 1.97 bits per heavy atom. The van der Waals surface area contributed by atoms with Crippen LogP contribution in [-0.2, 0) is 9.59 Å². The van der Waals surface area contributed by atoms with Crippen molar-refractivity contribution in [2.45, 2.75) is 13.8 Å². The zero-order valence-electron chi connectivity index (χ0n) is 17.2. The van der Waals surface area contributed by atoms with Crippen molar-refractivity contribution >= 4 is 68.1 Å². The van der Waals surface area contributed by atoms with Crippen molar-refractivity contribution in [3.05, 3.63) is 55.1 Å². The van der Waals surface area contributed by atoms with Crippen molar-refractivity contribution < 1.29 is 23.9 Å². The molecule has 0 saturated carbocycles. The second kappa shape index (κ2) is 10.2. The smallest absolute Gasteiger partial charge is 0.335 e. The van der Waals surface area contributed by atoms with Crippen LogP contribution in [0.5, 0.6) is 11.5 Å². The lowest BCUT2D eigenvalue weighted by Crippen LogP contribution is -2.54. The number of imide groups is 2. The van der Waals surface area contributed by atoms with E-state index in [0.29, 0.717) is 32.9 Å². The molecule has 1 N–H and O–H groups in total. The highest BCUT2D eigenvalue weighted by molar-refractivity contribution is 14.1. The summed E-state index contributed by atoms with van der Waals surface area (Å²) < 4.78 is 12.7. The summed E-state index contributed by atoms with van der Waals surface area (Å²) in [5.41, 5.74) is 1.55. The first kappa shape index (κ1) is 23.8. The van der Waals surface area contributed by atoms with Gasteiger partial charge in [0, 0.05) is 4.47 Å². The van der Waals surface area contributed by atoms with Crippen LogP contribution in [-0.4, -0.2) is 31.1 Å². The third kappa shape index (κ3) is 4.97. The van der Waals surface area contributed by atoms with Gasteiger partial charge in [0.2, 0.25) is 0 Å². The number of barbiturate groups is 1. The average Bonchev–Trinajstić information content (AvgIpc) is 2.73. The number of hydrogen-bond acceptors (Lipinski definition) is 5. The minimum atomic E-state index is -0.804. The van der Waals surface area contributed by atoms with E-state index in [1.165, 1.54) is 6.08 Å². The van der Waals surface area contributed by atoms with E-state index in [9.17, 15) is 14.4 Å². The maximum atomic E-state index is 13.1. The quantitative estimate of drug-likeness (QED) is 0.227. The number of aryl methyl sites for hydroxylation is 1. The highest BCUT2D eigenvalue weighted by atomic mass is 127. The van der Waals surface area contributed by atoms with Crippen molar-refractivity contribution in [2.24, 2.45) is 0 Å². The summed E-state index contributed by atoms with van der Waals surface area (Å²) in [6, 6.07) is 7.61. The van der Waals surface area contributed by atoms with Gasteiger partial charge in [0.05, 0.1) is 15.9 Å². The standard InChI is InChI=1S/C23H18BrIN2O5/c1-4-8-32-20-18(25)11-14(12-19(20)31-5-2)10-16-21(28)26-23(30)27(22(16)29)15-6-7-17(24)13(3)9-15/h1,6-7,9-12H,5,8H2,2-3H3,(H,26,28,30)/b16-10+. The van der Waals surface area contributed by atoms with Crippen molar-refractivity contribution in [1.29, 1.82) is 0 Å². The van der Waals surface area contributed by atoms with Crippen LogP contribution < -0.4 is 19.7 Å². The summed E-state index contributed by atoms with van der Waals surface area (Å²) in [4.78, 5) is 39.0. The van der Waals surface area contributed by atoms with Gasteiger partial charge in [-0.1, -0.05) is 21.9 Å². The van der Waals surface area contributed by atoms with Crippen molar-refractivity contribution in [3.63, 3.8) is 0 Å². The van der Waals surface area contributed by atoms with Crippen LogP contribution in [0.1, 0.15) is 18.1 Å². The summed E-state index contributed by atoms with van der Waals surface area (Å²) in [5, 5.41) is 2.22. The van der Waals surface area contributed by atoms with Gasteiger partial charge < -0.3 is 9.47 Å². The first-order valence-corrected chi connectivity index (χ1v) is 11.3. The molecule has 32 heavy (non-hydrogen) atoms. The molecule has 0 aliphatic carbocycles. The number of hydrogen-bond donors (Lipinski definition) is 1. The van der Waals surface area contributed by atoms with Crippen LogP contribution in [0.25, 0.3) is 6.08 Å². The van der Waals surface area contributed by atoms with Gasteiger partial charge in [-0.2, -0.15) is 0 Å². The van der Waals surface area contributed by atoms with Gasteiger partial charge in [-0.15, -0.1) is 6.42 Å². The summed E-state index contributed by atoms with van der Waals surface area (Å²) in [6.07, 6.45) is 6.70. The molecule has 1 aliphatic heterocycles. The van der Waals surface area contributed by atoms with E-state index in [1.54, 1.807) is 30.3 Å². The van der Waals surface area contributed by atoms with Gasteiger partial charge in [0.25, 0.3) is 11.8 Å². The fourth-order valence-electron chi connectivity index (χ4n) is 3.01. The first-order valence-electron chi connectivity index (χ1n) is 9.47. The number of halogens is 2. The maximum absolute atomic E-state index is 13.1. The molecular weight excluding hydrogens is 591 g/mol. The van der Waals surface area contributed by atoms with E-state index in [4.69, 9.17) is 15.9 Å². The molecule has 4 amide bonds. The lowest BCUT2D eigenvalue weighted by molar-refractivity contribution is -0.122. The zero-order valence-corrected chi connectivity index (χ0v) is 20.9. The molecule has 3 rings (SSSR count). The van der Waals surface area contributed by atoms with E-state index in [2.05, 4.69) is 49.8 Å². The number of benzene rings is 2. The Hall–Kier alpha value is -2.84. The molecule has 1 heterocycles. The molecule has 1 saturated heterocycles. The monoisotopic (exact) mass is 608 g/mol. The van der Waals surface area contributed by atoms with E-state index in [0.717, 1.165) is 14.9 Å².